The normalized spacial score (nSPS) is 11.7. The predicted octanol–water partition coefficient (Wildman–Crippen LogP) is 1.81. The minimum atomic E-state index is -3.27. The van der Waals surface area contributed by atoms with Crippen LogP contribution in [0, 0.1) is 0 Å². The molecule has 7 heteroatoms. The van der Waals surface area contributed by atoms with Crippen molar-refractivity contribution in [2.75, 3.05) is 13.4 Å². The number of methoxy groups -OCH3 is 1. The minimum absolute atomic E-state index is 0.216. The molecule has 2 heterocycles. The van der Waals surface area contributed by atoms with Crippen LogP contribution in [0.15, 0.2) is 47.9 Å². The number of fused-ring (bicyclic) bond motifs is 1. The highest BCUT2D eigenvalue weighted by Gasteiger charge is 2.14. The summed E-state index contributed by atoms with van der Waals surface area (Å²) in [6, 6.07) is 6.55. The maximum Gasteiger partial charge on any atom is 0.175 e. The second-order valence-electron chi connectivity index (χ2n) is 4.61. The van der Waals surface area contributed by atoms with Gasteiger partial charge in [-0.3, -0.25) is 4.40 Å². The van der Waals surface area contributed by atoms with Crippen LogP contribution in [0.1, 0.15) is 0 Å². The van der Waals surface area contributed by atoms with Gasteiger partial charge >= 0.3 is 0 Å². The van der Waals surface area contributed by atoms with Crippen molar-refractivity contribution in [1.29, 1.82) is 0 Å². The van der Waals surface area contributed by atoms with E-state index in [0.29, 0.717) is 11.4 Å². The number of hydrogen-bond donors (Lipinski definition) is 0. The maximum atomic E-state index is 11.6. The number of rotatable bonds is 3. The molecule has 0 spiro atoms. The van der Waals surface area contributed by atoms with Crippen molar-refractivity contribution in [3.63, 3.8) is 0 Å². The average Bonchev–Trinajstić information content (AvgIpc) is 2.89. The fourth-order valence-electron chi connectivity index (χ4n) is 2.09. The van der Waals surface area contributed by atoms with Gasteiger partial charge in [0.15, 0.2) is 9.84 Å². The maximum absolute atomic E-state index is 11.6. The van der Waals surface area contributed by atoms with Gasteiger partial charge in [0, 0.05) is 24.2 Å². The van der Waals surface area contributed by atoms with Crippen LogP contribution in [0.5, 0.6) is 5.75 Å². The van der Waals surface area contributed by atoms with E-state index in [2.05, 4.69) is 9.97 Å². The molecule has 0 bridgehead atoms. The standard InChI is InChI=1S/C14H13N3O3S/c1-20-13-7-10(21(2,18)19)3-4-11(13)12-8-17-9-15-6-5-14(17)16-12/h3-9H,1-2H3. The van der Waals surface area contributed by atoms with Crippen LogP contribution in [0.4, 0.5) is 0 Å². The van der Waals surface area contributed by atoms with Crippen LogP contribution in [-0.4, -0.2) is 36.2 Å². The van der Waals surface area contributed by atoms with E-state index in [1.54, 1.807) is 35.1 Å². The van der Waals surface area contributed by atoms with Gasteiger partial charge in [-0.05, 0) is 24.3 Å². The Hall–Kier alpha value is -2.41. The lowest BCUT2D eigenvalue weighted by atomic mass is 10.1. The van der Waals surface area contributed by atoms with Gasteiger partial charge < -0.3 is 4.74 Å². The number of nitrogens with zero attached hydrogens (tertiary/aromatic N) is 3. The van der Waals surface area contributed by atoms with Crippen LogP contribution in [-0.2, 0) is 9.84 Å². The van der Waals surface area contributed by atoms with Crippen molar-refractivity contribution in [3.8, 4) is 17.0 Å². The highest BCUT2D eigenvalue weighted by Crippen LogP contribution is 2.31. The molecule has 0 aliphatic carbocycles. The first kappa shape index (κ1) is 13.6. The minimum Gasteiger partial charge on any atom is -0.496 e. The summed E-state index contributed by atoms with van der Waals surface area (Å²) in [6.07, 6.45) is 6.30. The van der Waals surface area contributed by atoms with E-state index in [1.165, 1.54) is 13.2 Å². The summed E-state index contributed by atoms with van der Waals surface area (Å²) in [5.41, 5.74) is 2.18. The second kappa shape index (κ2) is 4.85. The number of ether oxygens (including phenoxy) is 1. The van der Waals surface area contributed by atoms with Crippen LogP contribution in [0.2, 0.25) is 0 Å². The van der Waals surface area contributed by atoms with E-state index in [1.807, 2.05) is 6.20 Å². The lowest BCUT2D eigenvalue weighted by Crippen LogP contribution is -1.98. The zero-order chi connectivity index (χ0) is 15.0. The van der Waals surface area contributed by atoms with Crippen molar-refractivity contribution < 1.29 is 13.2 Å². The largest absolute Gasteiger partial charge is 0.496 e. The Labute approximate surface area is 122 Å². The molecule has 3 rings (SSSR count). The van der Waals surface area contributed by atoms with E-state index in [0.717, 1.165) is 17.5 Å². The van der Waals surface area contributed by atoms with Crippen LogP contribution >= 0.6 is 0 Å². The van der Waals surface area contributed by atoms with Crippen molar-refractivity contribution >= 4 is 15.5 Å². The molecule has 0 aliphatic rings. The summed E-state index contributed by atoms with van der Waals surface area (Å²) in [7, 11) is -1.77. The Morgan fingerprint density at radius 2 is 2.05 bits per heavy atom. The first-order chi connectivity index (χ1) is 9.99. The third-order valence-electron chi connectivity index (χ3n) is 3.14. The molecular formula is C14H13N3O3S. The number of imidazole rings is 1. The predicted molar refractivity (Wildman–Crippen MR) is 78.1 cm³/mol. The van der Waals surface area contributed by atoms with E-state index >= 15 is 0 Å². The molecule has 0 aliphatic heterocycles. The van der Waals surface area contributed by atoms with Gasteiger partial charge in [-0.25, -0.2) is 18.4 Å². The molecule has 0 saturated heterocycles. The molecule has 6 nitrogen and oxygen atoms in total. The fourth-order valence-corrected chi connectivity index (χ4v) is 2.72. The van der Waals surface area contributed by atoms with Crippen molar-refractivity contribution in [3.05, 3.63) is 43.0 Å². The highest BCUT2D eigenvalue weighted by atomic mass is 32.2. The van der Waals surface area contributed by atoms with E-state index in [4.69, 9.17) is 4.74 Å². The summed E-state index contributed by atoms with van der Waals surface area (Å²) >= 11 is 0. The Balaban J connectivity index is 2.17. The topological polar surface area (TPSA) is 73.6 Å². The molecular weight excluding hydrogens is 290 g/mol. The third-order valence-corrected chi connectivity index (χ3v) is 4.25. The molecule has 2 aromatic heterocycles. The smallest absolute Gasteiger partial charge is 0.175 e. The van der Waals surface area contributed by atoms with Gasteiger partial charge in [0.25, 0.3) is 0 Å². The molecule has 0 unspecified atom stereocenters. The van der Waals surface area contributed by atoms with Crippen LogP contribution in [0.3, 0.4) is 0 Å². The Kier molecular flexibility index (Phi) is 3.13. The zero-order valence-electron chi connectivity index (χ0n) is 11.5. The molecule has 0 radical (unpaired) electrons. The SMILES string of the molecule is COc1cc(S(C)(=O)=O)ccc1-c1cn2cnccc2n1. The Morgan fingerprint density at radius 1 is 1.24 bits per heavy atom. The Morgan fingerprint density at radius 3 is 2.71 bits per heavy atom. The van der Waals surface area contributed by atoms with E-state index in [-0.39, 0.29) is 4.90 Å². The average molecular weight is 303 g/mol. The first-order valence-corrected chi connectivity index (χ1v) is 8.05. The highest BCUT2D eigenvalue weighted by molar-refractivity contribution is 7.90. The molecule has 21 heavy (non-hydrogen) atoms. The van der Waals surface area contributed by atoms with Gasteiger partial charge in [-0.2, -0.15) is 0 Å². The summed E-state index contributed by atoms with van der Waals surface area (Å²) in [4.78, 5) is 8.71. The second-order valence-corrected chi connectivity index (χ2v) is 6.62. The number of hydrogen-bond acceptors (Lipinski definition) is 5. The molecule has 0 saturated carbocycles. The number of benzene rings is 1. The van der Waals surface area contributed by atoms with Crippen LogP contribution in [0.25, 0.3) is 16.9 Å². The number of sulfone groups is 1. The van der Waals surface area contributed by atoms with Crippen molar-refractivity contribution in [1.82, 2.24) is 14.4 Å². The lowest BCUT2D eigenvalue weighted by molar-refractivity contribution is 0.415. The quantitative estimate of drug-likeness (QED) is 0.737. The molecule has 3 aromatic rings. The van der Waals surface area contributed by atoms with Gasteiger partial charge in [0.2, 0.25) is 0 Å². The van der Waals surface area contributed by atoms with Gasteiger partial charge in [0.05, 0.1) is 17.7 Å². The monoisotopic (exact) mass is 303 g/mol. The van der Waals surface area contributed by atoms with E-state index < -0.39 is 9.84 Å². The van der Waals surface area contributed by atoms with Crippen LogP contribution < -0.4 is 4.74 Å². The van der Waals surface area contributed by atoms with Gasteiger partial charge in [-0.15, -0.1) is 0 Å². The Bertz CT molecular complexity index is 883. The molecule has 0 amide bonds. The first-order valence-electron chi connectivity index (χ1n) is 6.16. The summed E-state index contributed by atoms with van der Waals surface area (Å²) < 4.78 is 30.3. The third kappa shape index (κ3) is 2.47. The molecule has 1 aromatic carbocycles. The zero-order valence-corrected chi connectivity index (χ0v) is 12.3. The number of aromatic nitrogens is 3. The van der Waals surface area contributed by atoms with Gasteiger partial charge in [-0.1, -0.05) is 0 Å². The van der Waals surface area contributed by atoms with Crippen molar-refractivity contribution in [2.45, 2.75) is 4.90 Å². The van der Waals surface area contributed by atoms with Crippen molar-refractivity contribution in [2.24, 2.45) is 0 Å². The summed E-state index contributed by atoms with van der Waals surface area (Å²) in [5, 5.41) is 0. The van der Waals surface area contributed by atoms with Gasteiger partial charge in [0.1, 0.15) is 17.7 Å². The summed E-state index contributed by atoms with van der Waals surface area (Å²) in [6.45, 7) is 0. The fraction of sp³-hybridized carbons (Fsp3) is 0.143. The summed E-state index contributed by atoms with van der Waals surface area (Å²) in [5.74, 6) is 0.467. The molecule has 0 fully saturated rings. The molecule has 0 atom stereocenters. The van der Waals surface area contributed by atoms with E-state index in [9.17, 15) is 8.42 Å². The molecule has 108 valence electrons. The molecule has 0 N–H and O–H groups in total. The lowest BCUT2D eigenvalue weighted by Gasteiger charge is -2.08.